The summed E-state index contributed by atoms with van der Waals surface area (Å²) in [7, 11) is 0. The summed E-state index contributed by atoms with van der Waals surface area (Å²) in [4.78, 5) is 2.48. The van der Waals surface area contributed by atoms with Gasteiger partial charge in [0.15, 0.2) is 0 Å². The van der Waals surface area contributed by atoms with Crippen LogP contribution in [0.3, 0.4) is 0 Å². The van der Waals surface area contributed by atoms with Crippen LogP contribution in [0.25, 0.3) is 0 Å². The minimum Gasteiger partial charge on any atom is -0.328 e. The summed E-state index contributed by atoms with van der Waals surface area (Å²) in [5, 5.41) is 4.60. The molecule has 1 aliphatic heterocycles. The molecule has 0 radical (unpaired) electrons. The van der Waals surface area contributed by atoms with Crippen molar-refractivity contribution in [2.24, 2.45) is 5.73 Å². The zero-order chi connectivity index (χ0) is 12.4. The Labute approximate surface area is 104 Å². The van der Waals surface area contributed by atoms with Gasteiger partial charge >= 0.3 is 0 Å². The average molecular weight is 236 g/mol. The molecular weight excluding hydrogens is 212 g/mol. The zero-order valence-corrected chi connectivity index (χ0v) is 11.1. The summed E-state index contributed by atoms with van der Waals surface area (Å²) in [6.45, 7) is 8.61. The van der Waals surface area contributed by atoms with Gasteiger partial charge in [0.05, 0.1) is 5.69 Å². The van der Waals surface area contributed by atoms with Crippen LogP contribution in [-0.4, -0.2) is 33.3 Å². The van der Waals surface area contributed by atoms with Crippen LogP contribution in [0.5, 0.6) is 0 Å². The lowest BCUT2D eigenvalue weighted by Gasteiger charge is -2.35. The van der Waals surface area contributed by atoms with Crippen molar-refractivity contribution in [1.82, 2.24) is 14.7 Å². The van der Waals surface area contributed by atoms with Crippen LogP contribution in [0.1, 0.15) is 45.3 Å². The highest BCUT2D eigenvalue weighted by Crippen LogP contribution is 2.18. The van der Waals surface area contributed by atoms with E-state index in [-0.39, 0.29) is 0 Å². The second-order valence-electron chi connectivity index (χ2n) is 5.48. The average Bonchev–Trinajstić information content (AvgIpc) is 2.71. The summed E-state index contributed by atoms with van der Waals surface area (Å²) in [5.74, 6) is 0. The predicted octanol–water partition coefficient (Wildman–Crippen LogP) is 1.78. The van der Waals surface area contributed by atoms with Gasteiger partial charge in [-0.2, -0.15) is 5.10 Å². The Morgan fingerprint density at radius 3 is 2.88 bits per heavy atom. The first kappa shape index (κ1) is 12.6. The molecule has 2 atom stereocenters. The van der Waals surface area contributed by atoms with Gasteiger partial charge in [0.2, 0.25) is 0 Å². The van der Waals surface area contributed by atoms with Crippen LogP contribution >= 0.6 is 0 Å². The number of hydrogen-bond donors (Lipinski definition) is 1. The van der Waals surface area contributed by atoms with Gasteiger partial charge in [0.25, 0.3) is 0 Å². The number of rotatable bonds is 3. The molecule has 0 amide bonds. The van der Waals surface area contributed by atoms with Crippen LogP contribution in [-0.2, 0) is 6.54 Å². The van der Waals surface area contributed by atoms with Crippen molar-refractivity contribution in [3.63, 3.8) is 0 Å². The maximum Gasteiger partial charge on any atom is 0.0764 e. The van der Waals surface area contributed by atoms with E-state index in [1.54, 1.807) is 0 Å². The summed E-state index contributed by atoms with van der Waals surface area (Å²) in [6, 6.07) is 3.52. The fourth-order valence-corrected chi connectivity index (χ4v) is 2.45. The normalized spacial score (nSPS) is 26.6. The van der Waals surface area contributed by atoms with E-state index in [1.807, 2.05) is 4.68 Å². The second kappa shape index (κ2) is 5.19. The Bertz CT molecular complexity index is 358. The molecule has 0 aromatic carbocycles. The van der Waals surface area contributed by atoms with Gasteiger partial charge in [-0.1, -0.05) is 0 Å². The number of hydrogen-bond acceptors (Lipinski definition) is 3. The predicted molar refractivity (Wildman–Crippen MR) is 69.7 cm³/mol. The van der Waals surface area contributed by atoms with E-state index in [4.69, 9.17) is 5.73 Å². The van der Waals surface area contributed by atoms with Gasteiger partial charge in [-0.3, -0.25) is 9.58 Å². The van der Waals surface area contributed by atoms with Crippen molar-refractivity contribution in [3.05, 3.63) is 18.0 Å². The highest BCUT2D eigenvalue weighted by atomic mass is 15.3. The standard InChI is InChI=1S/C13H24N4/c1-10(2)17-7-5-13(15-17)9-16-6-4-12(14)8-11(16)3/h5,7,10-12H,4,6,8-9,14H2,1-3H3. The quantitative estimate of drug-likeness (QED) is 0.870. The van der Waals surface area contributed by atoms with E-state index in [2.05, 4.69) is 43.0 Å². The molecule has 1 aromatic heterocycles. The molecule has 96 valence electrons. The smallest absolute Gasteiger partial charge is 0.0764 e. The van der Waals surface area contributed by atoms with E-state index < -0.39 is 0 Å². The minimum atomic E-state index is 0.384. The van der Waals surface area contributed by atoms with Gasteiger partial charge in [0.1, 0.15) is 0 Å². The molecule has 4 nitrogen and oxygen atoms in total. The van der Waals surface area contributed by atoms with Crippen molar-refractivity contribution in [1.29, 1.82) is 0 Å². The molecule has 2 heterocycles. The zero-order valence-electron chi connectivity index (χ0n) is 11.1. The van der Waals surface area contributed by atoms with E-state index in [9.17, 15) is 0 Å². The fraction of sp³-hybridized carbons (Fsp3) is 0.769. The molecule has 1 saturated heterocycles. The lowest BCUT2D eigenvalue weighted by molar-refractivity contribution is 0.138. The number of piperidine rings is 1. The topological polar surface area (TPSA) is 47.1 Å². The van der Waals surface area contributed by atoms with Crippen LogP contribution in [0.15, 0.2) is 12.3 Å². The molecule has 2 rings (SSSR count). The number of aromatic nitrogens is 2. The van der Waals surface area contributed by atoms with Crippen molar-refractivity contribution in [2.75, 3.05) is 6.54 Å². The third-order valence-electron chi connectivity index (χ3n) is 3.61. The Balaban J connectivity index is 1.95. The van der Waals surface area contributed by atoms with Crippen LogP contribution in [0.2, 0.25) is 0 Å². The molecular formula is C13H24N4. The maximum atomic E-state index is 5.98. The molecule has 2 N–H and O–H groups in total. The molecule has 0 saturated carbocycles. The Hall–Kier alpha value is -0.870. The third kappa shape index (κ3) is 3.07. The van der Waals surface area contributed by atoms with Crippen LogP contribution in [0.4, 0.5) is 0 Å². The Kier molecular flexibility index (Phi) is 3.84. The second-order valence-corrected chi connectivity index (χ2v) is 5.48. The molecule has 17 heavy (non-hydrogen) atoms. The summed E-state index contributed by atoms with van der Waals surface area (Å²) in [5.41, 5.74) is 7.15. The number of likely N-dealkylation sites (tertiary alicyclic amines) is 1. The molecule has 4 heteroatoms. The number of nitrogens with two attached hydrogens (primary N) is 1. The first-order valence-corrected chi connectivity index (χ1v) is 6.60. The molecule has 0 spiro atoms. The van der Waals surface area contributed by atoms with Crippen LogP contribution < -0.4 is 5.73 Å². The van der Waals surface area contributed by atoms with Gasteiger partial charge in [-0.25, -0.2) is 0 Å². The van der Waals surface area contributed by atoms with E-state index in [1.165, 1.54) is 5.69 Å². The fourth-order valence-electron chi connectivity index (χ4n) is 2.45. The van der Waals surface area contributed by atoms with Crippen molar-refractivity contribution in [2.45, 2.75) is 58.3 Å². The Morgan fingerprint density at radius 2 is 2.29 bits per heavy atom. The first-order chi connectivity index (χ1) is 8.06. The van der Waals surface area contributed by atoms with Crippen molar-refractivity contribution in [3.8, 4) is 0 Å². The molecule has 2 unspecified atom stereocenters. The van der Waals surface area contributed by atoms with E-state index >= 15 is 0 Å². The van der Waals surface area contributed by atoms with Crippen LogP contribution in [0, 0.1) is 0 Å². The van der Waals surface area contributed by atoms with Gasteiger partial charge in [-0.05, 0) is 39.7 Å². The first-order valence-electron chi connectivity index (χ1n) is 6.60. The lowest BCUT2D eigenvalue weighted by atomic mass is 9.99. The largest absolute Gasteiger partial charge is 0.328 e. The molecule has 1 aliphatic rings. The monoisotopic (exact) mass is 236 g/mol. The molecule has 0 aliphatic carbocycles. The highest BCUT2D eigenvalue weighted by Gasteiger charge is 2.23. The van der Waals surface area contributed by atoms with Crippen molar-refractivity contribution >= 4 is 0 Å². The summed E-state index contributed by atoms with van der Waals surface area (Å²) >= 11 is 0. The minimum absolute atomic E-state index is 0.384. The maximum absolute atomic E-state index is 5.98. The van der Waals surface area contributed by atoms with E-state index in [0.717, 1.165) is 25.9 Å². The summed E-state index contributed by atoms with van der Waals surface area (Å²) < 4.78 is 2.02. The SMILES string of the molecule is CC1CC(N)CCN1Cc1ccn(C(C)C)n1. The van der Waals surface area contributed by atoms with E-state index in [0.29, 0.717) is 18.1 Å². The summed E-state index contributed by atoms with van der Waals surface area (Å²) in [6.07, 6.45) is 4.28. The molecule has 1 fully saturated rings. The molecule has 1 aromatic rings. The van der Waals surface area contributed by atoms with Crippen molar-refractivity contribution < 1.29 is 0 Å². The van der Waals surface area contributed by atoms with Gasteiger partial charge in [0, 0.05) is 37.4 Å². The third-order valence-corrected chi connectivity index (χ3v) is 3.61. The Morgan fingerprint density at radius 1 is 1.53 bits per heavy atom. The highest BCUT2D eigenvalue weighted by molar-refractivity contribution is 5.00. The van der Waals surface area contributed by atoms with Gasteiger partial charge in [-0.15, -0.1) is 0 Å². The molecule has 0 bridgehead atoms. The lowest BCUT2D eigenvalue weighted by Crippen LogP contribution is -2.45. The van der Waals surface area contributed by atoms with Gasteiger partial charge < -0.3 is 5.73 Å². The number of nitrogens with zero attached hydrogens (tertiary/aromatic N) is 3.